The fourth-order valence-electron chi connectivity index (χ4n) is 3.78. The van der Waals surface area contributed by atoms with Crippen LogP contribution >= 0.6 is 0 Å². The molecule has 1 N–H and O–H groups in total. The number of nitrogens with zero attached hydrogens (tertiary/aromatic N) is 3. The molecule has 0 saturated carbocycles. The summed E-state index contributed by atoms with van der Waals surface area (Å²) in [6.45, 7) is 13.5. The number of benzene rings is 1. The number of amides is 2. The summed E-state index contributed by atoms with van der Waals surface area (Å²) in [5, 5.41) is 7.94. The second-order valence-electron chi connectivity index (χ2n) is 9.61. The number of carbonyl (C=O) groups is 2. The zero-order chi connectivity index (χ0) is 22.1. The lowest BCUT2D eigenvalue weighted by Crippen LogP contribution is -2.43. The van der Waals surface area contributed by atoms with Crippen molar-refractivity contribution < 1.29 is 9.59 Å². The Morgan fingerprint density at radius 2 is 1.77 bits per heavy atom. The summed E-state index contributed by atoms with van der Waals surface area (Å²) in [6, 6.07) is 10.0. The van der Waals surface area contributed by atoms with Crippen molar-refractivity contribution in [1.29, 1.82) is 0 Å². The summed E-state index contributed by atoms with van der Waals surface area (Å²) < 4.78 is 1.84. The molecule has 6 nitrogen and oxygen atoms in total. The molecule has 162 valence electrons. The van der Waals surface area contributed by atoms with Gasteiger partial charge in [0.15, 0.2) is 0 Å². The third-order valence-corrected chi connectivity index (χ3v) is 5.74. The molecule has 2 heterocycles. The summed E-state index contributed by atoms with van der Waals surface area (Å²) in [6.07, 6.45) is 1.38. The van der Waals surface area contributed by atoms with Crippen molar-refractivity contribution in [3.05, 3.63) is 41.6 Å². The number of hydrogen-bond acceptors (Lipinski definition) is 3. The Labute approximate surface area is 179 Å². The van der Waals surface area contributed by atoms with Crippen molar-refractivity contribution in [3.63, 3.8) is 0 Å². The molecule has 2 aromatic rings. The van der Waals surface area contributed by atoms with Crippen LogP contribution in [0.4, 0.5) is 5.82 Å². The van der Waals surface area contributed by atoms with Gasteiger partial charge in [-0.25, -0.2) is 4.68 Å². The van der Waals surface area contributed by atoms with Gasteiger partial charge in [-0.15, -0.1) is 0 Å². The van der Waals surface area contributed by atoms with Crippen molar-refractivity contribution in [2.75, 3.05) is 18.4 Å². The van der Waals surface area contributed by atoms with E-state index in [0.29, 0.717) is 31.7 Å². The van der Waals surface area contributed by atoms with Crippen LogP contribution < -0.4 is 5.32 Å². The molecule has 1 saturated heterocycles. The zero-order valence-electron chi connectivity index (χ0n) is 19.0. The molecule has 6 heteroatoms. The lowest BCUT2D eigenvalue weighted by atomic mass is 9.92. The first-order valence-electron chi connectivity index (χ1n) is 10.8. The summed E-state index contributed by atoms with van der Waals surface area (Å²) in [4.78, 5) is 27.1. The minimum Gasteiger partial charge on any atom is -0.342 e. The fourth-order valence-corrected chi connectivity index (χ4v) is 3.78. The average molecular weight is 411 g/mol. The number of likely N-dealkylation sites (tertiary alicyclic amines) is 1. The molecule has 1 aliphatic rings. The molecule has 2 amide bonds. The summed E-state index contributed by atoms with van der Waals surface area (Å²) in [5.74, 6) is 0.761. The van der Waals surface area contributed by atoms with Crippen LogP contribution in [-0.4, -0.2) is 39.6 Å². The highest BCUT2D eigenvalue weighted by Gasteiger charge is 2.29. The van der Waals surface area contributed by atoms with Crippen LogP contribution in [0.1, 0.15) is 58.7 Å². The smallest absolute Gasteiger partial charge is 0.228 e. The van der Waals surface area contributed by atoms with Crippen molar-refractivity contribution >= 4 is 17.6 Å². The number of aryl methyl sites for hydroxylation is 1. The van der Waals surface area contributed by atoms with Gasteiger partial charge in [-0.1, -0.05) is 52.8 Å². The second-order valence-corrected chi connectivity index (χ2v) is 9.61. The minimum atomic E-state index is -0.129. The topological polar surface area (TPSA) is 67.2 Å². The lowest BCUT2D eigenvalue weighted by molar-refractivity contribution is -0.137. The number of anilines is 1. The highest BCUT2D eigenvalue weighted by atomic mass is 16.2. The van der Waals surface area contributed by atoms with Crippen LogP contribution in [0.2, 0.25) is 0 Å². The Hall–Kier alpha value is -2.63. The normalized spacial score (nSPS) is 15.5. The van der Waals surface area contributed by atoms with Crippen molar-refractivity contribution in [2.24, 2.45) is 11.8 Å². The van der Waals surface area contributed by atoms with E-state index in [1.807, 2.05) is 60.7 Å². The Morgan fingerprint density at radius 1 is 1.13 bits per heavy atom. The molecular formula is C24H34N4O2. The third-order valence-electron chi connectivity index (χ3n) is 5.74. The number of hydrogen-bond donors (Lipinski definition) is 1. The van der Waals surface area contributed by atoms with E-state index >= 15 is 0 Å². The Morgan fingerprint density at radius 3 is 2.33 bits per heavy atom. The van der Waals surface area contributed by atoms with Crippen LogP contribution in [0, 0.1) is 18.8 Å². The molecule has 1 aromatic carbocycles. The maximum absolute atomic E-state index is 13.0. The zero-order valence-corrected chi connectivity index (χ0v) is 19.0. The molecule has 1 aromatic heterocycles. The van der Waals surface area contributed by atoms with Gasteiger partial charge in [-0.05, 0) is 31.4 Å². The molecule has 1 aliphatic heterocycles. The van der Waals surface area contributed by atoms with E-state index in [9.17, 15) is 9.59 Å². The van der Waals surface area contributed by atoms with E-state index < -0.39 is 0 Å². The minimum absolute atomic E-state index is 0.00170. The molecule has 3 rings (SSSR count). The van der Waals surface area contributed by atoms with Crippen molar-refractivity contribution in [1.82, 2.24) is 14.7 Å². The van der Waals surface area contributed by atoms with E-state index in [0.717, 1.165) is 16.9 Å². The Balaban J connectivity index is 1.79. The van der Waals surface area contributed by atoms with Gasteiger partial charge in [0, 0.05) is 36.4 Å². The van der Waals surface area contributed by atoms with E-state index in [1.54, 1.807) is 0 Å². The van der Waals surface area contributed by atoms with E-state index in [4.69, 9.17) is 5.10 Å². The van der Waals surface area contributed by atoms with Gasteiger partial charge in [0.05, 0.1) is 11.4 Å². The van der Waals surface area contributed by atoms with Crippen LogP contribution in [0.3, 0.4) is 0 Å². The molecule has 1 fully saturated rings. The first kappa shape index (κ1) is 22.1. The Bertz CT molecular complexity index is 916. The SMILES string of the molecule is Cc1ccccc1-n1nc(C(C)(C)C)cc1NC(=O)C1CCN(C(=O)C(C)C)CC1. The highest BCUT2D eigenvalue weighted by molar-refractivity contribution is 5.92. The van der Waals surface area contributed by atoms with Gasteiger partial charge in [-0.3, -0.25) is 9.59 Å². The van der Waals surface area contributed by atoms with Crippen molar-refractivity contribution in [3.8, 4) is 5.69 Å². The molecule has 0 atom stereocenters. The first-order chi connectivity index (χ1) is 14.1. The monoisotopic (exact) mass is 410 g/mol. The number of piperidine rings is 1. The quantitative estimate of drug-likeness (QED) is 0.817. The van der Waals surface area contributed by atoms with Crippen LogP contribution in [-0.2, 0) is 15.0 Å². The highest BCUT2D eigenvalue weighted by Crippen LogP contribution is 2.28. The Kier molecular flexibility index (Phi) is 6.34. The number of rotatable bonds is 4. The molecule has 0 unspecified atom stereocenters. The summed E-state index contributed by atoms with van der Waals surface area (Å²) >= 11 is 0. The van der Waals surface area contributed by atoms with Gasteiger partial charge >= 0.3 is 0 Å². The predicted molar refractivity (Wildman–Crippen MR) is 120 cm³/mol. The lowest BCUT2D eigenvalue weighted by Gasteiger charge is -2.32. The van der Waals surface area contributed by atoms with Crippen LogP contribution in [0.5, 0.6) is 0 Å². The third kappa shape index (κ3) is 4.74. The van der Waals surface area contributed by atoms with Crippen molar-refractivity contribution in [2.45, 2.75) is 59.8 Å². The molecule has 0 aliphatic carbocycles. The van der Waals surface area contributed by atoms with Crippen LogP contribution in [0.25, 0.3) is 5.69 Å². The van der Waals surface area contributed by atoms with Gasteiger partial charge in [0.2, 0.25) is 11.8 Å². The van der Waals surface area contributed by atoms with E-state index in [1.165, 1.54) is 0 Å². The van der Waals surface area contributed by atoms with Gasteiger partial charge < -0.3 is 10.2 Å². The molecule has 0 bridgehead atoms. The molecule has 0 radical (unpaired) electrons. The van der Waals surface area contributed by atoms with E-state index in [2.05, 4.69) is 26.1 Å². The first-order valence-corrected chi connectivity index (χ1v) is 10.8. The van der Waals surface area contributed by atoms with Gasteiger partial charge in [0.1, 0.15) is 5.82 Å². The number of para-hydroxylation sites is 1. The fraction of sp³-hybridized carbons (Fsp3) is 0.542. The summed E-state index contributed by atoms with van der Waals surface area (Å²) in [7, 11) is 0. The van der Waals surface area contributed by atoms with E-state index in [-0.39, 0.29) is 29.1 Å². The number of nitrogens with one attached hydrogen (secondary N) is 1. The summed E-state index contributed by atoms with van der Waals surface area (Å²) in [5.41, 5.74) is 2.85. The predicted octanol–water partition coefficient (Wildman–Crippen LogP) is 4.31. The van der Waals surface area contributed by atoms with Gasteiger partial charge in [0.25, 0.3) is 0 Å². The second kappa shape index (κ2) is 8.62. The molecule has 0 spiro atoms. The number of carbonyl (C=O) groups excluding carboxylic acids is 2. The maximum Gasteiger partial charge on any atom is 0.228 e. The van der Waals surface area contributed by atoms with Crippen LogP contribution in [0.15, 0.2) is 30.3 Å². The molecule has 30 heavy (non-hydrogen) atoms. The van der Waals surface area contributed by atoms with Gasteiger partial charge in [-0.2, -0.15) is 5.10 Å². The largest absolute Gasteiger partial charge is 0.342 e. The standard InChI is InChI=1S/C24H34N4O2/c1-16(2)23(30)27-13-11-18(12-14-27)22(29)25-21-15-20(24(4,5)6)26-28(21)19-10-8-7-9-17(19)3/h7-10,15-16,18H,11-14H2,1-6H3,(H,25,29). The number of aromatic nitrogens is 2. The maximum atomic E-state index is 13.0. The molecular weight excluding hydrogens is 376 g/mol. The average Bonchev–Trinajstić information content (AvgIpc) is 3.11.